The highest BCUT2D eigenvalue weighted by molar-refractivity contribution is 5.54. The van der Waals surface area contributed by atoms with Crippen LogP contribution >= 0.6 is 0 Å². The van der Waals surface area contributed by atoms with Crippen molar-refractivity contribution in [3.63, 3.8) is 0 Å². The molecule has 0 amide bonds. The number of hydrogen-bond acceptors (Lipinski definition) is 6. The summed E-state index contributed by atoms with van der Waals surface area (Å²) in [6.07, 6.45) is -1.45. The Morgan fingerprint density at radius 2 is 1.60 bits per heavy atom. The van der Waals surface area contributed by atoms with Gasteiger partial charge in [0, 0.05) is 0 Å². The van der Waals surface area contributed by atoms with Crippen LogP contribution in [-0.4, -0.2) is 51.2 Å². The number of benzene rings is 1. The minimum absolute atomic E-state index is 0.439. The Bertz CT molecular complexity index is 399. The van der Waals surface area contributed by atoms with Gasteiger partial charge in [0.1, 0.15) is 6.10 Å². The molecule has 1 aromatic carbocycles. The van der Waals surface area contributed by atoms with Crippen molar-refractivity contribution in [1.82, 2.24) is 5.32 Å². The largest absolute Gasteiger partial charge is 0.493 e. The summed E-state index contributed by atoms with van der Waals surface area (Å²) in [4.78, 5) is 0. The van der Waals surface area contributed by atoms with Gasteiger partial charge in [-0.1, -0.05) is 0 Å². The third-order valence-electron chi connectivity index (χ3n) is 3.08. The predicted molar refractivity (Wildman–Crippen MR) is 75.6 cm³/mol. The maximum Gasteiger partial charge on any atom is 0.203 e. The molecule has 0 spiro atoms. The molecular weight excluding hydrogens is 262 g/mol. The molecule has 1 aromatic rings. The Kier molecular flexibility index (Phi) is 6.57. The summed E-state index contributed by atoms with van der Waals surface area (Å²) >= 11 is 0. The quantitative estimate of drug-likeness (QED) is 0.653. The normalized spacial score (nSPS) is 13.7. The first-order valence-electron chi connectivity index (χ1n) is 6.39. The van der Waals surface area contributed by atoms with E-state index in [4.69, 9.17) is 14.2 Å². The van der Waals surface area contributed by atoms with Crippen LogP contribution in [0.1, 0.15) is 18.1 Å². The van der Waals surface area contributed by atoms with E-state index in [9.17, 15) is 10.2 Å². The monoisotopic (exact) mass is 285 g/mol. The van der Waals surface area contributed by atoms with Gasteiger partial charge < -0.3 is 29.7 Å². The molecule has 0 aliphatic rings. The van der Waals surface area contributed by atoms with E-state index in [0.29, 0.717) is 35.8 Å². The van der Waals surface area contributed by atoms with Gasteiger partial charge in [-0.05, 0) is 37.7 Å². The molecule has 0 heterocycles. The molecular formula is C14H23NO5. The van der Waals surface area contributed by atoms with Crippen molar-refractivity contribution in [2.75, 3.05) is 34.9 Å². The third kappa shape index (κ3) is 3.75. The lowest BCUT2D eigenvalue weighted by Crippen LogP contribution is -2.23. The fraction of sp³-hybridized carbons (Fsp3) is 0.571. The number of aliphatic hydroxyl groups excluding tert-OH is 2. The predicted octanol–water partition coefficient (Wildman–Crippen LogP) is 0.716. The van der Waals surface area contributed by atoms with Crippen LogP contribution in [0.15, 0.2) is 12.1 Å². The van der Waals surface area contributed by atoms with Gasteiger partial charge >= 0.3 is 0 Å². The second-order valence-electron chi connectivity index (χ2n) is 4.36. The summed E-state index contributed by atoms with van der Waals surface area (Å²) in [7, 11) is 6.31. The van der Waals surface area contributed by atoms with Gasteiger partial charge in [0.15, 0.2) is 11.5 Å². The SMILES string of the molecule is CNCCC(O)C(O)c1cc(OC)c(OC)c(OC)c1. The van der Waals surface area contributed by atoms with Crippen molar-refractivity contribution in [1.29, 1.82) is 0 Å². The smallest absolute Gasteiger partial charge is 0.203 e. The van der Waals surface area contributed by atoms with Crippen molar-refractivity contribution >= 4 is 0 Å². The highest BCUT2D eigenvalue weighted by atomic mass is 16.5. The van der Waals surface area contributed by atoms with E-state index in [1.165, 1.54) is 21.3 Å². The highest BCUT2D eigenvalue weighted by Gasteiger charge is 2.22. The molecule has 0 radical (unpaired) electrons. The number of ether oxygens (including phenoxy) is 3. The summed E-state index contributed by atoms with van der Waals surface area (Å²) in [6.45, 7) is 0.614. The maximum atomic E-state index is 10.2. The van der Waals surface area contributed by atoms with Crippen LogP contribution in [0.4, 0.5) is 0 Å². The van der Waals surface area contributed by atoms with Crippen LogP contribution in [-0.2, 0) is 0 Å². The average molecular weight is 285 g/mol. The van der Waals surface area contributed by atoms with Crippen molar-refractivity contribution in [2.45, 2.75) is 18.6 Å². The molecule has 2 unspecified atom stereocenters. The average Bonchev–Trinajstić information content (AvgIpc) is 2.49. The van der Waals surface area contributed by atoms with Crippen LogP contribution in [0, 0.1) is 0 Å². The first kappa shape index (κ1) is 16.6. The zero-order valence-electron chi connectivity index (χ0n) is 12.3. The molecule has 6 nitrogen and oxygen atoms in total. The van der Waals surface area contributed by atoms with Gasteiger partial charge in [-0.2, -0.15) is 0 Å². The summed E-state index contributed by atoms with van der Waals surface area (Å²) in [5.74, 6) is 1.35. The second kappa shape index (κ2) is 7.94. The van der Waals surface area contributed by atoms with Crippen molar-refractivity contribution in [3.05, 3.63) is 17.7 Å². The van der Waals surface area contributed by atoms with Gasteiger partial charge in [0.05, 0.1) is 27.4 Å². The molecule has 20 heavy (non-hydrogen) atoms. The summed E-state index contributed by atoms with van der Waals surface area (Å²) < 4.78 is 15.7. The van der Waals surface area contributed by atoms with Crippen LogP contribution in [0.3, 0.4) is 0 Å². The Labute approximate surface area is 119 Å². The number of nitrogens with one attached hydrogen (secondary N) is 1. The summed E-state index contributed by atoms with van der Waals surface area (Å²) in [6, 6.07) is 3.27. The van der Waals surface area contributed by atoms with Crippen LogP contribution in [0.5, 0.6) is 17.2 Å². The van der Waals surface area contributed by atoms with Gasteiger partial charge in [-0.25, -0.2) is 0 Å². The molecule has 0 fully saturated rings. The molecule has 0 aliphatic heterocycles. The van der Waals surface area contributed by atoms with Crippen molar-refractivity contribution < 1.29 is 24.4 Å². The van der Waals surface area contributed by atoms with Gasteiger partial charge in [-0.3, -0.25) is 0 Å². The van der Waals surface area contributed by atoms with Gasteiger partial charge in [0.2, 0.25) is 5.75 Å². The number of methoxy groups -OCH3 is 3. The lowest BCUT2D eigenvalue weighted by Gasteiger charge is -2.20. The minimum Gasteiger partial charge on any atom is -0.493 e. The van der Waals surface area contributed by atoms with Crippen molar-refractivity contribution in [3.8, 4) is 17.2 Å². The maximum absolute atomic E-state index is 10.2. The zero-order chi connectivity index (χ0) is 15.1. The van der Waals surface area contributed by atoms with Gasteiger partial charge in [-0.15, -0.1) is 0 Å². The Morgan fingerprint density at radius 1 is 1.05 bits per heavy atom. The van der Waals surface area contributed by atoms with Crippen LogP contribution < -0.4 is 19.5 Å². The Morgan fingerprint density at radius 3 is 2.00 bits per heavy atom. The molecule has 0 saturated carbocycles. The molecule has 3 N–H and O–H groups in total. The van der Waals surface area contributed by atoms with E-state index in [2.05, 4.69) is 5.32 Å². The fourth-order valence-corrected chi connectivity index (χ4v) is 1.94. The fourth-order valence-electron chi connectivity index (χ4n) is 1.94. The minimum atomic E-state index is -1.02. The van der Waals surface area contributed by atoms with E-state index in [0.717, 1.165) is 0 Å². The van der Waals surface area contributed by atoms with E-state index in [-0.39, 0.29) is 0 Å². The molecule has 0 aromatic heterocycles. The number of hydrogen-bond donors (Lipinski definition) is 3. The van der Waals surface area contributed by atoms with E-state index < -0.39 is 12.2 Å². The molecule has 0 saturated heterocycles. The van der Waals surface area contributed by atoms with Crippen LogP contribution in [0.25, 0.3) is 0 Å². The third-order valence-corrected chi connectivity index (χ3v) is 3.08. The first-order valence-corrected chi connectivity index (χ1v) is 6.39. The molecule has 2 atom stereocenters. The van der Waals surface area contributed by atoms with Crippen LogP contribution in [0.2, 0.25) is 0 Å². The summed E-state index contributed by atoms with van der Waals surface area (Å²) in [5, 5.41) is 23.1. The van der Waals surface area contributed by atoms with E-state index in [1.54, 1.807) is 19.2 Å². The number of aliphatic hydroxyl groups is 2. The first-order chi connectivity index (χ1) is 9.58. The summed E-state index contributed by atoms with van der Waals surface area (Å²) in [5.41, 5.74) is 0.517. The molecule has 114 valence electrons. The van der Waals surface area contributed by atoms with E-state index >= 15 is 0 Å². The molecule has 0 bridgehead atoms. The topological polar surface area (TPSA) is 80.2 Å². The molecule has 6 heteroatoms. The second-order valence-corrected chi connectivity index (χ2v) is 4.36. The van der Waals surface area contributed by atoms with E-state index in [1.807, 2.05) is 0 Å². The zero-order valence-corrected chi connectivity index (χ0v) is 12.3. The molecule has 0 aliphatic carbocycles. The standard InChI is InChI=1S/C14H23NO5/c1-15-6-5-10(16)13(17)9-7-11(18-2)14(20-4)12(8-9)19-3/h7-8,10,13,15-17H,5-6H2,1-4H3. The highest BCUT2D eigenvalue weighted by Crippen LogP contribution is 2.40. The molecule has 1 rings (SSSR count). The van der Waals surface area contributed by atoms with Gasteiger partial charge in [0.25, 0.3) is 0 Å². The lowest BCUT2D eigenvalue weighted by atomic mass is 10.0. The number of rotatable bonds is 8. The Balaban J connectivity index is 3.05. The Hall–Kier alpha value is -1.50. The van der Waals surface area contributed by atoms with Crippen molar-refractivity contribution in [2.24, 2.45) is 0 Å². The lowest BCUT2D eigenvalue weighted by molar-refractivity contribution is 0.0138.